The lowest BCUT2D eigenvalue weighted by atomic mass is 9.65. The van der Waals surface area contributed by atoms with Gasteiger partial charge in [-0.2, -0.15) is 0 Å². The van der Waals surface area contributed by atoms with Gasteiger partial charge < -0.3 is 0 Å². The second kappa shape index (κ2) is 5.09. The number of carbonyl (C=O) groups is 2. The molecule has 0 N–H and O–H groups in total. The monoisotopic (exact) mass is 278 g/mol. The molecule has 19 heavy (non-hydrogen) atoms. The van der Waals surface area contributed by atoms with E-state index in [1.165, 1.54) is 0 Å². The van der Waals surface area contributed by atoms with E-state index in [2.05, 4.69) is 6.92 Å². The molecule has 3 heteroatoms. The quantitative estimate of drug-likeness (QED) is 0.773. The molecule has 0 aromatic heterocycles. The first-order valence-electron chi connectivity index (χ1n) is 6.64. The summed E-state index contributed by atoms with van der Waals surface area (Å²) in [5, 5.41) is 0.684. The summed E-state index contributed by atoms with van der Waals surface area (Å²) < 4.78 is 0. The van der Waals surface area contributed by atoms with Crippen molar-refractivity contribution in [3.63, 3.8) is 0 Å². The van der Waals surface area contributed by atoms with E-state index in [0.29, 0.717) is 11.4 Å². The number of halogens is 1. The fourth-order valence-corrected chi connectivity index (χ4v) is 3.09. The first-order chi connectivity index (χ1) is 8.81. The highest BCUT2D eigenvalue weighted by Crippen LogP contribution is 2.38. The Bertz CT molecular complexity index is 502. The zero-order valence-corrected chi connectivity index (χ0v) is 12.3. The van der Waals surface area contributed by atoms with Gasteiger partial charge in [0.25, 0.3) is 0 Å². The van der Waals surface area contributed by atoms with Gasteiger partial charge in [-0.3, -0.25) is 9.59 Å². The normalized spacial score (nSPS) is 26.5. The highest BCUT2D eigenvalue weighted by Gasteiger charge is 2.45. The highest BCUT2D eigenvalue weighted by molar-refractivity contribution is 6.40. The lowest BCUT2D eigenvalue weighted by Gasteiger charge is -2.36. The van der Waals surface area contributed by atoms with Crippen molar-refractivity contribution >= 4 is 23.2 Å². The third kappa shape index (κ3) is 2.89. The van der Waals surface area contributed by atoms with Crippen LogP contribution in [-0.4, -0.2) is 11.6 Å². The van der Waals surface area contributed by atoms with Crippen LogP contribution >= 0.6 is 11.6 Å². The van der Waals surface area contributed by atoms with Gasteiger partial charge in [-0.25, -0.2) is 0 Å². The van der Waals surface area contributed by atoms with Gasteiger partial charge in [0, 0.05) is 16.4 Å². The summed E-state index contributed by atoms with van der Waals surface area (Å²) in [4.78, 5) is 24.3. The molecule has 1 aliphatic rings. The molecule has 2 atom stereocenters. The molecule has 1 saturated carbocycles. The largest absolute Gasteiger partial charge is 0.291 e. The summed E-state index contributed by atoms with van der Waals surface area (Å²) in [6.45, 7) is 5.79. The molecule has 1 fully saturated rings. The Kier molecular flexibility index (Phi) is 3.82. The fourth-order valence-electron chi connectivity index (χ4n) is 2.97. The minimum atomic E-state index is -0.507. The lowest BCUT2D eigenvalue weighted by Crippen LogP contribution is -2.45. The molecule has 0 spiro atoms. The minimum Gasteiger partial charge on any atom is -0.291 e. The summed E-state index contributed by atoms with van der Waals surface area (Å²) in [5.41, 5.74) is 0.551. The lowest BCUT2D eigenvalue weighted by molar-refractivity contribution is -0.149. The molecule has 0 amide bonds. The third-order valence-electron chi connectivity index (χ3n) is 4.06. The van der Waals surface area contributed by atoms with Crippen LogP contribution in [0.25, 0.3) is 0 Å². The number of hydrogen-bond donors (Lipinski definition) is 0. The van der Waals surface area contributed by atoms with Crippen LogP contribution in [0.3, 0.4) is 0 Å². The van der Waals surface area contributed by atoms with Crippen LogP contribution in [0, 0.1) is 17.3 Å². The van der Waals surface area contributed by atoms with Gasteiger partial charge >= 0.3 is 0 Å². The zero-order chi connectivity index (χ0) is 14.2. The Balaban J connectivity index is 2.18. The molecule has 1 aromatic rings. The first kappa shape index (κ1) is 14.3. The molecule has 0 bridgehead atoms. The van der Waals surface area contributed by atoms with Crippen LogP contribution in [0.4, 0.5) is 0 Å². The highest BCUT2D eigenvalue weighted by atomic mass is 35.5. The van der Waals surface area contributed by atoms with E-state index < -0.39 is 5.41 Å². The van der Waals surface area contributed by atoms with Crippen molar-refractivity contribution in [2.75, 3.05) is 0 Å². The first-order valence-corrected chi connectivity index (χ1v) is 7.02. The van der Waals surface area contributed by atoms with Gasteiger partial charge in [-0.1, -0.05) is 44.5 Å². The fraction of sp³-hybridized carbons (Fsp3) is 0.500. The molecule has 2 unspecified atom stereocenters. The molecule has 0 heterocycles. The molecule has 0 aliphatic heterocycles. The molecular weight excluding hydrogens is 260 g/mol. The van der Waals surface area contributed by atoms with E-state index in [9.17, 15) is 9.59 Å². The van der Waals surface area contributed by atoms with Crippen LogP contribution < -0.4 is 0 Å². The molecule has 102 valence electrons. The molecule has 0 radical (unpaired) electrons. The van der Waals surface area contributed by atoms with Crippen molar-refractivity contribution in [1.82, 2.24) is 0 Å². The maximum atomic E-state index is 12.2. The second-order valence-electron chi connectivity index (χ2n) is 6.20. The molecule has 1 aromatic carbocycles. The molecule has 1 aliphatic carbocycles. The van der Waals surface area contributed by atoms with Gasteiger partial charge in [0.1, 0.15) is 0 Å². The average Bonchev–Trinajstić information content (AvgIpc) is 2.34. The Labute approximate surface area is 119 Å². The number of benzene rings is 1. The topological polar surface area (TPSA) is 34.1 Å². The second-order valence-corrected chi connectivity index (χ2v) is 6.63. The number of carbonyl (C=O) groups excluding carboxylic acids is 2. The van der Waals surface area contributed by atoms with Crippen molar-refractivity contribution < 1.29 is 9.59 Å². The predicted molar refractivity (Wildman–Crippen MR) is 76.2 cm³/mol. The smallest absolute Gasteiger partial charge is 0.204 e. The van der Waals surface area contributed by atoms with E-state index in [0.717, 1.165) is 12.0 Å². The van der Waals surface area contributed by atoms with E-state index in [1.807, 2.05) is 38.1 Å². The Morgan fingerprint density at radius 3 is 2.37 bits per heavy atom. The van der Waals surface area contributed by atoms with E-state index in [1.54, 1.807) is 0 Å². The molecular formula is C16H19ClO2. The van der Waals surface area contributed by atoms with Crippen LogP contribution in [0.2, 0.25) is 5.02 Å². The summed E-state index contributed by atoms with van der Waals surface area (Å²) >= 11 is 5.85. The number of Topliss-reactive ketones (excluding diaryl/α,β-unsaturated/α-hetero) is 2. The number of rotatable bonds is 2. The molecule has 0 saturated heterocycles. The predicted octanol–water partition coefficient (Wildman–Crippen LogP) is 3.70. The summed E-state index contributed by atoms with van der Waals surface area (Å²) in [7, 11) is 0. The van der Waals surface area contributed by atoms with Gasteiger partial charge in [-0.15, -0.1) is 0 Å². The third-order valence-corrected chi connectivity index (χ3v) is 4.32. The van der Waals surface area contributed by atoms with Crippen molar-refractivity contribution in [2.45, 2.75) is 33.6 Å². The summed E-state index contributed by atoms with van der Waals surface area (Å²) in [6.07, 6.45) is 1.40. The summed E-state index contributed by atoms with van der Waals surface area (Å²) in [6, 6.07) is 7.49. The van der Waals surface area contributed by atoms with E-state index in [-0.39, 0.29) is 23.4 Å². The summed E-state index contributed by atoms with van der Waals surface area (Å²) in [5.74, 6) is -0.388. The Morgan fingerprint density at radius 2 is 1.79 bits per heavy atom. The van der Waals surface area contributed by atoms with Crippen LogP contribution in [-0.2, 0) is 16.0 Å². The van der Waals surface area contributed by atoms with Gasteiger partial charge in [-0.05, 0) is 36.5 Å². The Morgan fingerprint density at radius 1 is 1.21 bits per heavy atom. The molecule has 2 nitrogen and oxygen atoms in total. The van der Waals surface area contributed by atoms with Crippen molar-refractivity contribution in [2.24, 2.45) is 17.3 Å². The van der Waals surface area contributed by atoms with Gasteiger partial charge in [0.05, 0.1) is 0 Å². The Hall–Kier alpha value is -1.15. The number of hydrogen-bond acceptors (Lipinski definition) is 2. The maximum absolute atomic E-state index is 12.2. The van der Waals surface area contributed by atoms with Gasteiger partial charge in [0.15, 0.2) is 0 Å². The standard InChI is InChI=1S/C16H19ClO2/c1-10-9-16(2,3)15(19)14(18)13(10)8-11-4-6-12(17)7-5-11/h4-7,10,13H,8-9H2,1-3H3. The SMILES string of the molecule is CC1CC(C)(C)C(=O)C(=O)C1Cc1ccc(Cl)cc1. The van der Waals surface area contributed by atoms with Crippen molar-refractivity contribution in [3.05, 3.63) is 34.9 Å². The average molecular weight is 279 g/mol. The minimum absolute atomic E-state index is 0.193. The van der Waals surface area contributed by atoms with E-state index in [4.69, 9.17) is 11.6 Å². The van der Waals surface area contributed by atoms with Gasteiger partial charge in [0.2, 0.25) is 11.6 Å². The zero-order valence-electron chi connectivity index (χ0n) is 11.6. The van der Waals surface area contributed by atoms with Crippen molar-refractivity contribution in [3.8, 4) is 0 Å². The van der Waals surface area contributed by atoms with E-state index >= 15 is 0 Å². The number of ketones is 2. The van der Waals surface area contributed by atoms with Crippen molar-refractivity contribution in [1.29, 1.82) is 0 Å². The maximum Gasteiger partial charge on any atom is 0.204 e. The van der Waals surface area contributed by atoms with Crippen LogP contribution in [0.15, 0.2) is 24.3 Å². The van der Waals surface area contributed by atoms with Crippen LogP contribution in [0.1, 0.15) is 32.8 Å². The molecule has 2 rings (SSSR count). The van der Waals surface area contributed by atoms with Crippen LogP contribution in [0.5, 0.6) is 0 Å².